The third-order valence-electron chi connectivity index (χ3n) is 1.81. The van der Waals surface area contributed by atoms with Gasteiger partial charge in [0.2, 0.25) is 11.8 Å². The number of carbonyl (C=O) groups excluding carboxylic acids is 2. The van der Waals surface area contributed by atoms with Crippen molar-refractivity contribution in [1.82, 2.24) is 10.6 Å². The molecule has 0 saturated heterocycles. The van der Waals surface area contributed by atoms with Gasteiger partial charge in [0.25, 0.3) is 0 Å². The minimum atomic E-state index is -0.267. The maximum Gasteiger partial charge on any atom is 0.219 e. The first-order chi connectivity index (χ1) is 6.66. The molecule has 4 N–H and O–H groups in total. The summed E-state index contributed by atoms with van der Waals surface area (Å²) in [7, 11) is 1.63. The number of carbonyl (C=O) groups is 2. The molecule has 0 rings (SSSR count). The van der Waals surface area contributed by atoms with Gasteiger partial charge < -0.3 is 16.4 Å². The Morgan fingerprint density at radius 1 is 1.14 bits per heavy atom. The molecule has 0 aliphatic carbocycles. The first-order valence-electron chi connectivity index (χ1n) is 4.86. The maximum absolute atomic E-state index is 10.8. The second kappa shape index (κ2) is 8.50. The van der Waals surface area contributed by atoms with E-state index in [9.17, 15) is 9.59 Å². The van der Waals surface area contributed by atoms with Gasteiger partial charge in [0.15, 0.2) is 0 Å². The monoisotopic (exact) mass is 201 g/mol. The van der Waals surface area contributed by atoms with Crippen LogP contribution < -0.4 is 16.4 Å². The Balaban J connectivity index is 3.06. The molecule has 0 saturated carbocycles. The maximum atomic E-state index is 10.8. The number of nitrogens with two attached hydrogens (primary N) is 1. The van der Waals surface area contributed by atoms with E-state index in [2.05, 4.69) is 10.6 Å². The van der Waals surface area contributed by atoms with Crippen molar-refractivity contribution < 1.29 is 9.59 Å². The van der Waals surface area contributed by atoms with Crippen LogP contribution in [0.15, 0.2) is 0 Å². The van der Waals surface area contributed by atoms with Crippen molar-refractivity contribution in [3.05, 3.63) is 0 Å². The van der Waals surface area contributed by atoms with Crippen molar-refractivity contribution in [3.63, 3.8) is 0 Å². The molecule has 0 aliphatic heterocycles. The average Bonchev–Trinajstić information content (AvgIpc) is 2.15. The van der Waals surface area contributed by atoms with Gasteiger partial charge in [0, 0.05) is 19.9 Å². The fourth-order valence-electron chi connectivity index (χ4n) is 1.01. The summed E-state index contributed by atoms with van der Waals surface area (Å²) in [5, 5.41) is 5.69. The lowest BCUT2D eigenvalue weighted by Gasteiger charge is -2.02. The van der Waals surface area contributed by atoms with Crippen LogP contribution in [-0.2, 0) is 9.59 Å². The lowest BCUT2D eigenvalue weighted by Crippen LogP contribution is -2.22. The molecular formula is C9H19N3O2. The fourth-order valence-corrected chi connectivity index (χ4v) is 1.01. The SMILES string of the molecule is CNC(=O)CCCNCCCC(N)=O. The minimum Gasteiger partial charge on any atom is -0.370 e. The Bertz CT molecular complexity index is 183. The second-order valence-electron chi connectivity index (χ2n) is 3.10. The highest BCUT2D eigenvalue weighted by molar-refractivity contribution is 5.75. The summed E-state index contributed by atoms with van der Waals surface area (Å²) in [6.07, 6.45) is 2.54. The van der Waals surface area contributed by atoms with Crippen molar-refractivity contribution in [2.75, 3.05) is 20.1 Å². The molecule has 2 amide bonds. The van der Waals surface area contributed by atoms with Crippen LogP contribution in [0.25, 0.3) is 0 Å². The third-order valence-corrected chi connectivity index (χ3v) is 1.81. The quantitative estimate of drug-likeness (QED) is 0.457. The summed E-state index contributed by atoms with van der Waals surface area (Å²) >= 11 is 0. The van der Waals surface area contributed by atoms with Gasteiger partial charge in [0.05, 0.1) is 0 Å². The van der Waals surface area contributed by atoms with E-state index < -0.39 is 0 Å². The van der Waals surface area contributed by atoms with Gasteiger partial charge >= 0.3 is 0 Å². The predicted molar refractivity (Wildman–Crippen MR) is 54.6 cm³/mol. The van der Waals surface area contributed by atoms with Crippen LogP contribution in [0.5, 0.6) is 0 Å². The van der Waals surface area contributed by atoms with E-state index >= 15 is 0 Å². The average molecular weight is 201 g/mol. The molecule has 0 aliphatic rings. The summed E-state index contributed by atoms with van der Waals surface area (Å²) in [5.41, 5.74) is 4.97. The zero-order valence-electron chi connectivity index (χ0n) is 8.64. The zero-order chi connectivity index (χ0) is 10.8. The Kier molecular flexibility index (Phi) is 7.83. The van der Waals surface area contributed by atoms with Crippen molar-refractivity contribution >= 4 is 11.8 Å². The minimum absolute atomic E-state index is 0.0592. The highest BCUT2D eigenvalue weighted by Crippen LogP contribution is 1.88. The van der Waals surface area contributed by atoms with E-state index in [1.54, 1.807) is 7.05 Å². The molecule has 0 fully saturated rings. The van der Waals surface area contributed by atoms with E-state index in [1.807, 2.05) is 0 Å². The topological polar surface area (TPSA) is 84.2 Å². The van der Waals surface area contributed by atoms with E-state index in [-0.39, 0.29) is 11.8 Å². The Labute approximate surface area is 84.4 Å². The number of amides is 2. The molecule has 5 heteroatoms. The molecule has 0 aromatic rings. The van der Waals surface area contributed by atoms with Crippen LogP contribution >= 0.6 is 0 Å². The fraction of sp³-hybridized carbons (Fsp3) is 0.778. The molecule has 82 valence electrons. The van der Waals surface area contributed by atoms with Gasteiger partial charge in [-0.25, -0.2) is 0 Å². The summed E-state index contributed by atoms with van der Waals surface area (Å²) in [4.78, 5) is 21.1. The summed E-state index contributed by atoms with van der Waals surface area (Å²) in [6.45, 7) is 1.57. The molecule has 14 heavy (non-hydrogen) atoms. The largest absolute Gasteiger partial charge is 0.370 e. The van der Waals surface area contributed by atoms with Gasteiger partial charge in [-0.1, -0.05) is 0 Å². The molecule has 0 spiro atoms. The van der Waals surface area contributed by atoms with Crippen molar-refractivity contribution in [2.45, 2.75) is 25.7 Å². The normalized spacial score (nSPS) is 9.79. The van der Waals surface area contributed by atoms with Crippen LogP contribution in [0.4, 0.5) is 0 Å². The molecule has 0 radical (unpaired) electrons. The number of hydrogen-bond donors (Lipinski definition) is 3. The summed E-state index contributed by atoms with van der Waals surface area (Å²) < 4.78 is 0. The van der Waals surface area contributed by atoms with Crippen LogP contribution in [-0.4, -0.2) is 32.0 Å². The zero-order valence-corrected chi connectivity index (χ0v) is 8.64. The molecule has 0 bridgehead atoms. The highest BCUT2D eigenvalue weighted by Gasteiger charge is 1.97. The van der Waals surface area contributed by atoms with Crippen LogP contribution in [0.2, 0.25) is 0 Å². The molecule has 0 aromatic heterocycles. The van der Waals surface area contributed by atoms with E-state index in [0.29, 0.717) is 12.8 Å². The van der Waals surface area contributed by atoms with Gasteiger partial charge in [-0.3, -0.25) is 9.59 Å². The smallest absolute Gasteiger partial charge is 0.219 e. The van der Waals surface area contributed by atoms with Gasteiger partial charge in [-0.05, 0) is 25.9 Å². The Morgan fingerprint density at radius 3 is 2.21 bits per heavy atom. The number of hydrogen-bond acceptors (Lipinski definition) is 3. The molecule has 0 heterocycles. The first kappa shape index (κ1) is 12.9. The Hall–Kier alpha value is -1.10. The van der Waals surface area contributed by atoms with Crippen LogP contribution in [0.1, 0.15) is 25.7 Å². The standard InChI is InChI=1S/C9H19N3O2/c1-11-9(14)5-3-7-12-6-2-4-8(10)13/h12H,2-7H2,1H3,(H2,10,13)(H,11,14). The second-order valence-corrected chi connectivity index (χ2v) is 3.10. The number of primary amides is 1. The lowest BCUT2D eigenvalue weighted by atomic mass is 10.2. The van der Waals surface area contributed by atoms with E-state index in [4.69, 9.17) is 5.73 Å². The van der Waals surface area contributed by atoms with Gasteiger partial charge in [0.1, 0.15) is 0 Å². The van der Waals surface area contributed by atoms with Crippen molar-refractivity contribution in [2.24, 2.45) is 5.73 Å². The third kappa shape index (κ3) is 8.99. The van der Waals surface area contributed by atoms with Crippen molar-refractivity contribution in [1.29, 1.82) is 0 Å². The van der Waals surface area contributed by atoms with E-state index in [1.165, 1.54) is 0 Å². The van der Waals surface area contributed by atoms with Gasteiger partial charge in [-0.2, -0.15) is 0 Å². The molecule has 0 unspecified atom stereocenters. The molecule has 0 aromatic carbocycles. The molecule has 0 atom stereocenters. The number of nitrogens with one attached hydrogen (secondary N) is 2. The summed E-state index contributed by atoms with van der Waals surface area (Å²) in [6, 6.07) is 0. The Morgan fingerprint density at radius 2 is 1.71 bits per heavy atom. The molecule has 5 nitrogen and oxygen atoms in total. The molecular weight excluding hydrogens is 182 g/mol. The van der Waals surface area contributed by atoms with Crippen molar-refractivity contribution in [3.8, 4) is 0 Å². The van der Waals surface area contributed by atoms with Crippen LogP contribution in [0, 0.1) is 0 Å². The lowest BCUT2D eigenvalue weighted by molar-refractivity contribution is -0.120. The summed E-state index contributed by atoms with van der Waals surface area (Å²) in [5.74, 6) is -0.207. The first-order valence-corrected chi connectivity index (χ1v) is 4.86. The highest BCUT2D eigenvalue weighted by atomic mass is 16.1. The van der Waals surface area contributed by atoms with Crippen LogP contribution in [0.3, 0.4) is 0 Å². The predicted octanol–water partition coefficient (Wildman–Crippen LogP) is -0.632. The van der Waals surface area contributed by atoms with Gasteiger partial charge in [-0.15, -0.1) is 0 Å². The van der Waals surface area contributed by atoms with E-state index in [0.717, 1.165) is 25.9 Å². The number of rotatable bonds is 8.